The Morgan fingerprint density at radius 1 is 1.00 bits per heavy atom. The molecule has 0 aromatic rings. The van der Waals surface area contributed by atoms with Gasteiger partial charge in [0.05, 0.1) is 0 Å². The normalized spacial score (nSPS) is 44.1. The second-order valence-electron chi connectivity index (χ2n) is 6.10. The van der Waals surface area contributed by atoms with E-state index in [0.717, 1.165) is 5.92 Å². The molecule has 1 aliphatic carbocycles. The van der Waals surface area contributed by atoms with Gasteiger partial charge in [-0.25, -0.2) is 0 Å². The molecule has 0 N–H and O–H groups in total. The van der Waals surface area contributed by atoms with Crippen molar-refractivity contribution in [3.05, 3.63) is 0 Å². The van der Waals surface area contributed by atoms with Gasteiger partial charge in [-0.2, -0.15) is 0 Å². The first-order valence-electron chi connectivity index (χ1n) is 6.68. The van der Waals surface area contributed by atoms with Crippen molar-refractivity contribution >= 4 is 7.26 Å². The van der Waals surface area contributed by atoms with Crippen LogP contribution in [0.1, 0.15) is 51.9 Å². The fourth-order valence-electron chi connectivity index (χ4n) is 4.46. The van der Waals surface area contributed by atoms with E-state index in [-0.39, 0.29) is 0 Å². The Morgan fingerprint density at radius 3 is 2.29 bits per heavy atom. The molecule has 1 aliphatic heterocycles. The van der Waals surface area contributed by atoms with E-state index in [1.807, 2.05) is 0 Å². The van der Waals surface area contributed by atoms with Gasteiger partial charge >= 0.3 is 89.7 Å². The summed E-state index contributed by atoms with van der Waals surface area (Å²) in [6.45, 7) is 7.74. The van der Waals surface area contributed by atoms with Crippen LogP contribution in [0.5, 0.6) is 0 Å². The third kappa shape index (κ3) is 1.64. The van der Waals surface area contributed by atoms with E-state index < -0.39 is 7.26 Å². The van der Waals surface area contributed by atoms with E-state index in [9.17, 15) is 0 Å². The topological polar surface area (TPSA) is 0 Å². The molecule has 3 atom stereocenters. The second kappa shape index (κ2) is 4.12. The first-order valence-corrected chi connectivity index (χ1v) is 9.83. The van der Waals surface area contributed by atoms with Gasteiger partial charge in [0.2, 0.25) is 0 Å². The van der Waals surface area contributed by atoms with Crippen LogP contribution in [0.4, 0.5) is 0 Å². The van der Waals surface area contributed by atoms with Crippen LogP contribution < -0.4 is 0 Å². The SMILES string of the molecule is CCC1C2CCCCCCC2[PH]1(C)C. The fourth-order valence-corrected chi connectivity index (χ4v) is 9.68. The van der Waals surface area contributed by atoms with Crippen LogP contribution in [0.2, 0.25) is 0 Å². The molecule has 2 rings (SSSR count). The molecule has 0 amide bonds. The molecule has 0 bridgehead atoms. The van der Waals surface area contributed by atoms with Gasteiger partial charge in [0.25, 0.3) is 0 Å². The molecule has 1 heterocycles. The standard InChI is InChI=1S/C13H27P/c1-4-12-11-9-7-5-6-8-10-13(11)14(12,2)3/h11-14H,4-10H2,1-3H3. The molecule has 0 radical (unpaired) electrons. The predicted molar refractivity (Wildman–Crippen MR) is 69.2 cm³/mol. The van der Waals surface area contributed by atoms with Crippen molar-refractivity contribution in [2.24, 2.45) is 5.92 Å². The maximum atomic E-state index is 2.66. The predicted octanol–water partition coefficient (Wildman–Crippen LogP) is 4.13. The Kier molecular flexibility index (Phi) is 3.22. The summed E-state index contributed by atoms with van der Waals surface area (Å²) in [6, 6.07) is 0. The minimum atomic E-state index is -0.797. The average Bonchev–Trinajstić information content (AvgIpc) is 2.08. The molecule has 14 heavy (non-hydrogen) atoms. The van der Waals surface area contributed by atoms with Crippen LogP contribution in [-0.4, -0.2) is 24.6 Å². The van der Waals surface area contributed by atoms with Crippen LogP contribution in [0.25, 0.3) is 0 Å². The van der Waals surface area contributed by atoms with E-state index >= 15 is 0 Å². The molecule has 1 saturated heterocycles. The van der Waals surface area contributed by atoms with E-state index in [4.69, 9.17) is 0 Å². The summed E-state index contributed by atoms with van der Waals surface area (Å²) in [5.74, 6) is 1.15. The Balaban J connectivity index is 2.04. The van der Waals surface area contributed by atoms with Gasteiger partial charge in [-0.05, 0) is 0 Å². The number of hydrogen-bond donors (Lipinski definition) is 0. The van der Waals surface area contributed by atoms with Crippen LogP contribution in [0.15, 0.2) is 0 Å². The Hall–Kier alpha value is 0.430. The molecule has 0 nitrogen and oxygen atoms in total. The summed E-state index contributed by atoms with van der Waals surface area (Å²) >= 11 is 0. The number of rotatable bonds is 1. The second-order valence-corrected chi connectivity index (χ2v) is 11.2. The summed E-state index contributed by atoms with van der Waals surface area (Å²) in [7, 11) is -0.797. The van der Waals surface area contributed by atoms with Crippen molar-refractivity contribution in [3.63, 3.8) is 0 Å². The van der Waals surface area contributed by atoms with Crippen molar-refractivity contribution in [2.45, 2.75) is 63.2 Å². The van der Waals surface area contributed by atoms with E-state index in [0.29, 0.717) is 0 Å². The molecule has 2 aliphatic rings. The Labute approximate surface area is 90.2 Å². The van der Waals surface area contributed by atoms with Crippen molar-refractivity contribution in [3.8, 4) is 0 Å². The molecule has 1 heteroatoms. The van der Waals surface area contributed by atoms with E-state index in [2.05, 4.69) is 20.3 Å². The van der Waals surface area contributed by atoms with Crippen LogP contribution >= 0.6 is 7.26 Å². The molecule has 84 valence electrons. The van der Waals surface area contributed by atoms with Gasteiger partial charge in [-0.3, -0.25) is 0 Å². The van der Waals surface area contributed by atoms with E-state index in [1.165, 1.54) is 43.4 Å². The summed E-state index contributed by atoms with van der Waals surface area (Å²) in [4.78, 5) is 0. The van der Waals surface area contributed by atoms with Crippen LogP contribution in [-0.2, 0) is 0 Å². The van der Waals surface area contributed by atoms with Crippen molar-refractivity contribution in [1.82, 2.24) is 0 Å². The van der Waals surface area contributed by atoms with Gasteiger partial charge in [-0.1, -0.05) is 0 Å². The van der Waals surface area contributed by atoms with Crippen LogP contribution in [0, 0.1) is 5.92 Å². The third-order valence-corrected chi connectivity index (χ3v) is 10.6. The number of hydrogen-bond acceptors (Lipinski definition) is 0. The van der Waals surface area contributed by atoms with Crippen molar-refractivity contribution < 1.29 is 0 Å². The zero-order chi connectivity index (χ0) is 10.2. The average molecular weight is 214 g/mol. The molecular weight excluding hydrogens is 187 g/mol. The Morgan fingerprint density at radius 2 is 1.64 bits per heavy atom. The zero-order valence-corrected chi connectivity index (χ0v) is 11.2. The summed E-state index contributed by atoms with van der Waals surface area (Å²) in [5, 5.41) is 0. The monoisotopic (exact) mass is 214 g/mol. The minimum absolute atomic E-state index is 0.797. The molecule has 0 aromatic heterocycles. The Bertz CT molecular complexity index is 197. The third-order valence-electron chi connectivity index (χ3n) is 5.19. The van der Waals surface area contributed by atoms with Crippen molar-refractivity contribution in [2.75, 3.05) is 13.3 Å². The fraction of sp³-hybridized carbons (Fsp3) is 1.00. The molecule has 2 fully saturated rings. The summed E-state index contributed by atoms with van der Waals surface area (Å²) in [5.41, 5.74) is 2.37. The van der Waals surface area contributed by atoms with E-state index in [1.54, 1.807) is 12.8 Å². The number of fused-ring (bicyclic) bond motifs is 1. The van der Waals surface area contributed by atoms with Gasteiger partial charge < -0.3 is 0 Å². The molecule has 3 unspecified atom stereocenters. The van der Waals surface area contributed by atoms with Crippen LogP contribution in [0.3, 0.4) is 0 Å². The molecule has 1 saturated carbocycles. The summed E-state index contributed by atoms with van der Waals surface area (Å²) in [6.07, 6.45) is 10.7. The first-order chi connectivity index (χ1) is 6.68. The molecular formula is C13H27P. The quantitative estimate of drug-likeness (QED) is 0.576. The van der Waals surface area contributed by atoms with Gasteiger partial charge in [0.15, 0.2) is 0 Å². The molecule has 0 aromatic carbocycles. The van der Waals surface area contributed by atoms with Gasteiger partial charge in [0, 0.05) is 0 Å². The van der Waals surface area contributed by atoms with Crippen molar-refractivity contribution in [1.29, 1.82) is 0 Å². The maximum absolute atomic E-state index is 2.66. The van der Waals surface area contributed by atoms with Gasteiger partial charge in [0.1, 0.15) is 0 Å². The van der Waals surface area contributed by atoms with Gasteiger partial charge in [-0.15, -0.1) is 0 Å². The first kappa shape index (κ1) is 10.9. The molecule has 0 spiro atoms. The summed E-state index contributed by atoms with van der Waals surface area (Å²) < 4.78 is 0. The zero-order valence-electron chi connectivity index (χ0n) is 10.2.